The fourth-order valence-corrected chi connectivity index (χ4v) is 2.92. The van der Waals surface area contributed by atoms with Crippen LogP contribution in [-0.4, -0.2) is 42.6 Å². The maximum absolute atomic E-state index is 12.9. The van der Waals surface area contributed by atoms with Crippen LogP contribution in [0.2, 0.25) is 0 Å². The van der Waals surface area contributed by atoms with E-state index in [1.807, 2.05) is 0 Å². The van der Waals surface area contributed by atoms with Gasteiger partial charge in [0, 0.05) is 6.54 Å². The number of methoxy groups -OCH3 is 2. The number of piperidine rings is 1. The molecule has 0 aliphatic carbocycles. The van der Waals surface area contributed by atoms with Gasteiger partial charge in [0.05, 0.1) is 25.2 Å². The molecule has 1 amide bonds. The molecule has 1 aliphatic rings. The summed E-state index contributed by atoms with van der Waals surface area (Å²) in [4.78, 5) is 15.0. The van der Waals surface area contributed by atoms with Gasteiger partial charge in [0.15, 0.2) is 0 Å². The van der Waals surface area contributed by atoms with Gasteiger partial charge in [-0.1, -0.05) is 18.3 Å². The molecule has 1 saturated heterocycles. The number of nitrogens with zero attached hydrogens (tertiary/aromatic N) is 1. The fraction of sp³-hybridized carbons (Fsp3) is 0.467. The quantitative estimate of drug-likeness (QED) is 0.862. The standard InChI is InChI=1S/C15H20N2O3S/c1-19-11-7-5-8-12(20-2)13(11)15(18)17-9-4-3-6-10(17)14(16)21/h5,7-8,10H,3-4,6,9H2,1-2H3,(H2,16,21). The monoisotopic (exact) mass is 308 g/mol. The molecule has 0 radical (unpaired) electrons. The summed E-state index contributed by atoms with van der Waals surface area (Å²) in [5.41, 5.74) is 6.21. The summed E-state index contributed by atoms with van der Waals surface area (Å²) in [7, 11) is 3.07. The molecule has 5 nitrogen and oxygen atoms in total. The highest BCUT2D eigenvalue weighted by Gasteiger charge is 2.32. The van der Waals surface area contributed by atoms with Gasteiger partial charge in [-0.15, -0.1) is 0 Å². The van der Waals surface area contributed by atoms with Crippen LogP contribution < -0.4 is 15.2 Å². The molecular formula is C15H20N2O3S. The van der Waals surface area contributed by atoms with Crippen LogP contribution in [0.1, 0.15) is 29.6 Å². The predicted octanol–water partition coefficient (Wildman–Crippen LogP) is 1.98. The van der Waals surface area contributed by atoms with Crippen LogP contribution in [0.5, 0.6) is 11.5 Å². The smallest absolute Gasteiger partial charge is 0.262 e. The maximum atomic E-state index is 12.9. The van der Waals surface area contributed by atoms with E-state index in [2.05, 4.69) is 0 Å². The van der Waals surface area contributed by atoms with Gasteiger partial charge in [-0.25, -0.2) is 0 Å². The Balaban J connectivity index is 2.40. The van der Waals surface area contributed by atoms with E-state index in [0.29, 0.717) is 28.6 Å². The maximum Gasteiger partial charge on any atom is 0.262 e. The number of amides is 1. The van der Waals surface area contributed by atoms with Crippen molar-refractivity contribution in [2.45, 2.75) is 25.3 Å². The number of carbonyl (C=O) groups excluding carboxylic acids is 1. The average Bonchev–Trinajstić information content (AvgIpc) is 2.53. The van der Waals surface area contributed by atoms with Crippen molar-refractivity contribution < 1.29 is 14.3 Å². The van der Waals surface area contributed by atoms with Gasteiger partial charge in [-0.05, 0) is 31.4 Å². The van der Waals surface area contributed by atoms with Crippen molar-refractivity contribution in [1.29, 1.82) is 0 Å². The van der Waals surface area contributed by atoms with E-state index in [0.717, 1.165) is 19.3 Å². The van der Waals surface area contributed by atoms with E-state index in [-0.39, 0.29) is 11.9 Å². The summed E-state index contributed by atoms with van der Waals surface area (Å²) in [6, 6.07) is 5.08. The largest absolute Gasteiger partial charge is 0.496 e. The van der Waals surface area contributed by atoms with E-state index in [1.165, 1.54) is 14.2 Å². The molecule has 1 aliphatic heterocycles. The fourth-order valence-electron chi connectivity index (χ4n) is 2.68. The van der Waals surface area contributed by atoms with Gasteiger partial charge >= 0.3 is 0 Å². The molecule has 2 rings (SSSR count). The number of carbonyl (C=O) groups is 1. The van der Waals surface area contributed by atoms with Crippen LogP contribution in [0.3, 0.4) is 0 Å². The molecular weight excluding hydrogens is 288 g/mol. The van der Waals surface area contributed by atoms with Gasteiger partial charge in [-0.2, -0.15) is 0 Å². The van der Waals surface area contributed by atoms with Crippen molar-refractivity contribution in [3.8, 4) is 11.5 Å². The van der Waals surface area contributed by atoms with Crippen LogP contribution in [0.25, 0.3) is 0 Å². The Morgan fingerprint density at radius 2 is 1.90 bits per heavy atom. The summed E-state index contributed by atoms with van der Waals surface area (Å²) >= 11 is 5.11. The summed E-state index contributed by atoms with van der Waals surface area (Å²) in [6.45, 7) is 0.641. The van der Waals surface area contributed by atoms with E-state index in [1.54, 1.807) is 23.1 Å². The lowest BCUT2D eigenvalue weighted by Crippen LogP contribution is -2.49. The third-order valence-corrected chi connectivity index (χ3v) is 4.01. The zero-order chi connectivity index (χ0) is 15.4. The molecule has 1 atom stereocenters. The second-order valence-corrected chi connectivity index (χ2v) is 5.42. The van der Waals surface area contributed by atoms with Crippen molar-refractivity contribution in [3.63, 3.8) is 0 Å². The Morgan fingerprint density at radius 3 is 2.43 bits per heavy atom. The first-order chi connectivity index (χ1) is 10.1. The van der Waals surface area contributed by atoms with E-state index < -0.39 is 0 Å². The lowest BCUT2D eigenvalue weighted by Gasteiger charge is -2.35. The second-order valence-electron chi connectivity index (χ2n) is 4.95. The number of benzene rings is 1. The number of nitrogens with two attached hydrogens (primary N) is 1. The molecule has 6 heteroatoms. The molecule has 0 bridgehead atoms. The second kappa shape index (κ2) is 6.76. The summed E-state index contributed by atoms with van der Waals surface area (Å²) in [5.74, 6) is 0.833. The number of hydrogen-bond acceptors (Lipinski definition) is 4. The molecule has 1 aromatic rings. The minimum absolute atomic E-state index is 0.151. The van der Waals surface area contributed by atoms with Gasteiger partial charge in [0.25, 0.3) is 5.91 Å². The van der Waals surface area contributed by atoms with E-state index >= 15 is 0 Å². The van der Waals surface area contributed by atoms with Gasteiger partial charge in [-0.3, -0.25) is 4.79 Å². The lowest BCUT2D eigenvalue weighted by molar-refractivity contribution is 0.0674. The van der Waals surface area contributed by atoms with Crippen LogP contribution in [0.4, 0.5) is 0 Å². The molecule has 0 saturated carbocycles. The third-order valence-electron chi connectivity index (χ3n) is 3.73. The highest BCUT2D eigenvalue weighted by molar-refractivity contribution is 7.80. The zero-order valence-electron chi connectivity index (χ0n) is 12.3. The van der Waals surface area contributed by atoms with Crippen molar-refractivity contribution in [3.05, 3.63) is 23.8 Å². The highest BCUT2D eigenvalue weighted by Crippen LogP contribution is 2.31. The molecule has 1 aromatic carbocycles. The first kappa shape index (κ1) is 15.6. The van der Waals surface area contributed by atoms with Crippen LogP contribution >= 0.6 is 12.2 Å². The Hall–Kier alpha value is -1.82. The highest BCUT2D eigenvalue weighted by atomic mass is 32.1. The molecule has 1 unspecified atom stereocenters. The summed E-state index contributed by atoms with van der Waals surface area (Å²) in [6.07, 6.45) is 2.77. The summed E-state index contributed by atoms with van der Waals surface area (Å²) in [5, 5.41) is 0. The molecule has 21 heavy (non-hydrogen) atoms. The number of rotatable bonds is 4. The zero-order valence-corrected chi connectivity index (χ0v) is 13.1. The van der Waals surface area contributed by atoms with E-state index in [4.69, 9.17) is 27.4 Å². The minimum atomic E-state index is -0.198. The van der Waals surface area contributed by atoms with Gasteiger partial charge < -0.3 is 20.1 Å². The van der Waals surface area contributed by atoms with Crippen LogP contribution in [0.15, 0.2) is 18.2 Å². The normalized spacial score (nSPS) is 18.2. The first-order valence-corrected chi connectivity index (χ1v) is 7.32. The number of ether oxygens (including phenoxy) is 2. The van der Waals surface area contributed by atoms with E-state index in [9.17, 15) is 4.79 Å². The molecule has 0 aromatic heterocycles. The predicted molar refractivity (Wildman–Crippen MR) is 85.0 cm³/mol. The van der Waals surface area contributed by atoms with Crippen molar-refractivity contribution in [2.24, 2.45) is 5.73 Å². The number of thiocarbonyl (C=S) groups is 1. The van der Waals surface area contributed by atoms with Gasteiger partial charge in [0.2, 0.25) is 0 Å². The summed E-state index contributed by atoms with van der Waals surface area (Å²) < 4.78 is 10.6. The Kier molecular flexibility index (Phi) is 5.01. The molecule has 2 N–H and O–H groups in total. The third kappa shape index (κ3) is 3.10. The average molecular weight is 308 g/mol. The Labute approximate surface area is 130 Å². The Morgan fingerprint density at radius 1 is 1.29 bits per heavy atom. The van der Waals surface area contributed by atoms with Crippen LogP contribution in [0, 0.1) is 0 Å². The minimum Gasteiger partial charge on any atom is -0.496 e. The number of likely N-dealkylation sites (tertiary alicyclic amines) is 1. The van der Waals surface area contributed by atoms with Crippen molar-refractivity contribution >= 4 is 23.1 Å². The Bertz CT molecular complexity index is 525. The van der Waals surface area contributed by atoms with Crippen molar-refractivity contribution in [2.75, 3.05) is 20.8 Å². The molecule has 0 spiro atoms. The number of hydrogen-bond donors (Lipinski definition) is 1. The molecule has 1 heterocycles. The topological polar surface area (TPSA) is 64.8 Å². The first-order valence-electron chi connectivity index (χ1n) is 6.91. The lowest BCUT2D eigenvalue weighted by atomic mass is 10.00. The van der Waals surface area contributed by atoms with Crippen molar-refractivity contribution in [1.82, 2.24) is 4.90 Å². The van der Waals surface area contributed by atoms with Crippen LogP contribution in [-0.2, 0) is 0 Å². The SMILES string of the molecule is COc1cccc(OC)c1C(=O)N1CCCCC1C(N)=S. The molecule has 114 valence electrons. The van der Waals surface area contributed by atoms with Gasteiger partial charge in [0.1, 0.15) is 17.1 Å². The molecule has 1 fully saturated rings.